The molecule has 1 aliphatic heterocycles. The van der Waals surface area contributed by atoms with Crippen LogP contribution in [0.15, 0.2) is 24.3 Å². The lowest BCUT2D eigenvalue weighted by Gasteiger charge is -2.25. The molecule has 2 heterocycles. The van der Waals surface area contributed by atoms with Crippen molar-refractivity contribution in [1.29, 1.82) is 0 Å². The molecule has 6 heteroatoms. The predicted octanol–water partition coefficient (Wildman–Crippen LogP) is 2.31. The third-order valence-electron chi connectivity index (χ3n) is 5.80. The summed E-state index contributed by atoms with van der Waals surface area (Å²) in [6.07, 6.45) is 5.11. The molecule has 4 rings (SSSR count). The molecule has 0 radical (unpaired) electrons. The van der Waals surface area contributed by atoms with E-state index in [1.807, 2.05) is 28.8 Å². The average molecular weight is 368 g/mol. The van der Waals surface area contributed by atoms with Crippen LogP contribution >= 0.6 is 0 Å². The molecule has 144 valence electrons. The lowest BCUT2D eigenvalue weighted by atomic mass is 9.91. The SMILES string of the molecule is COc1ccc(CNC2CCc3c(c(C(=O)N4CCCC4)nn3C)C2)cc1. The zero-order valence-electron chi connectivity index (χ0n) is 16.2. The van der Waals surface area contributed by atoms with Crippen LogP contribution in [-0.2, 0) is 26.4 Å². The van der Waals surface area contributed by atoms with Gasteiger partial charge in [0.1, 0.15) is 5.75 Å². The summed E-state index contributed by atoms with van der Waals surface area (Å²) in [5.41, 5.74) is 4.28. The summed E-state index contributed by atoms with van der Waals surface area (Å²) in [5, 5.41) is 8.25. The normalized spacial score (nSPS) is 19.2. The van der Waals surface area contributed by atoms with Crippen LogP contribution in [0, 0.1) is 0 Å². The van der Waals surface area contributed by atoms with Gasteiger partial charge in [-0.25, -0.2) is 0 Å². The summed E-state index contributed by atoms with van der Waals surface area (Å²) in [4.78, 5) is 14.9. The number of aromatic nitrogens is 2. The van der Waals surface area contributed by atoms with Gasteiger partial charge in [-0.3, -0.25) is 9.48 Å². The molecule has 1 N–H and O–H groups in total. The van der Waals surface area contributed by atoms with Crippen LogP contribution in [0.3, 0.4) is 0 Å². The Morgan fingerprint density at radius 2 is 2.00 bits per heavy atom. The first kappa shape index (κ1) is 18.0. The van der Waals surface area contributed by atoms with E-state index in [9.17, 15) is 4.79 Å². The summed E-state index contributed by atoms with van der Waals surface area (Å²) in [6.45, 7) is 2.55. The molecule has 0 saturated carbocycles. The summed E-state index contributed by atoms with van der Waals surface area (Å²) < 4.78 is 7.13. The Morgan fingerprint density at radius 1 is 1.26 bits per heavy atom. The molecular formula is C21H28N4O2. The van der Waals surface area contributed by atoms with E-state index in [1.165, 1.54) is 11.3 Å². The molecule has 27 heavy (non-hydrogen) atoms. The lowest BCUT2D eigenvalue weighted by molar-refractivity contribution is 0.0785. The first-order valence-electron chi connectivity index (χ1n) is 9.86. The fourth-order valence-electron chi connectivity index (χ4n) is 4.21. The predicted molar refractivity (Wildman–Crippen MR) is 104 cm³/mol. The number of carbonyl (C=O) groups excluding carboxylic acids is 1. The Balaban J connectivity index is 1.44. The second kappa shape index (κ2) is 7.72. The van der Waals surface area contributed by atoms with Crippen LogP contribution in [0.5, 0.6) is 5.75 Å². The highest BCUT2D eigenvalue weighted by Crippen LogP contribution is 2.26. The quantitative estimate of drug-likeness (QED) is 0.880. The van der Waals surface area contributed by atoms with Crippen LogP contribution in [0.2, 0.25) is 0 Å². The lowest BCUT2D eigenvalue weighted by Crippen LogP contribution is -2.35. The van der Waals surface area contributed by atoms with Crippen molar-refractivity contribution >= 4 is 5.91 Å². The Morgan fingerprint density at radius 3 is 2.70 bits per heavy atom. The van der Waals surface area contributed by atoms with E-state index in [-0.39, 0.29) is 5.91 Å². The van der Waals surface area contributed by atoms with Crippen LogP contribution in [0.1, 0.15) is 46.6 Å². The number of benzene rings is 1. The number of likely N-dealkylation sites (tertiary alicyclic amines) is 1. The average Bonchev–Trinajstić information content (AvgIpc) is 3.35. The van der Waals surface area contributed by atoms with Gasteiger partial charge in [-0.05, 0) is 49.8 Å². The van der Waals surface area contributed by atoms with Gasteiger partial charge in [-0.2, -0.15) is 5.10 Å². The standard InChI is InChI=1S/C21H28N4O2/c1-24-19-10-7-16(22-14-15-5-8-17(27-2)9-6-15)13-18(19)20(23-24)21(26)25-11-3-4-12-25/h5-6,8-9,16,22H,3-4,7,10-14H2,1-2H3. The topological polar surface area (TPSA) is 59.4 Å². The number of fused-ring (bicyclic) bond motifs is 1. The Kier molecular flexibility index (Phi) is 5.16. The number of methoxy groups -OCH3 is 1. The number of nitrogens with one attached hydrogen (secondary N) is 1. The number of rotatable bonds is 5. The Bertz CT molecular complexity index is 806. The largest absolute Gasteiger partial charge is 0.497 e. The Labute approximate surface area is 160 Å². The van der Waals surface area contributed by atoms with Crippen LogP contribution < -0.4 is 10.1 Å². The number of nitrogens with zero attached hydrogens (tertiary/aromatic N) is 3. The van der Waals surface area contributed by atoms with Crippen LogP contribution in [-0.4, -0.2) is 46.8 Å². The van der Waals surface area contributed by atoms with Crippen molar-refractivity contribution in [2.75, 3.05) is 20.2 Å². The fourth-order valence-corrected chi connectivity index (χ4v) is 4.21. The maximum absolute atomic E-state index is 12.9. The van der Waals surface area contributed by atoms with Crippen LogP contribution in [0.25, 0.3) is 0 Å². The molecule has 1 amide bonds. The van der Waals surface area contributed by atoms with Crippen molar-refractivity contribution in [3.05, 3.63) is 46.8 Å². The van der Waals surface area contributed by atoms with E-state index in [0.717, 1.165) is 63.1 Å². The van der Waals surface area contributed by atoms with Gasteiger partial charge in [0, 0.05) is 44.0 Å². The number of aryl methyl sites for hydroxylation is 1. The van der Waals surface area contributed by atoms with E-state index < -0.39 is 0 Å². The molecule has 1 aliphatic carbocycles. The first-order valence-corrected chi connectivity index (χ1v) is 9.86. The van der Waals surface area contributed by atoms with Gasteiger partial charge in [0.05, 0.1) is 7.11 Å². The summed E-state index contributed by atoms with van der Waals surface area (Å²) in [5.74, 6) is 0.988. The summed E-state index contributed by atoms with van der Waals surface area (Å²) in [7, 11) is 3.65. The Hall–Kier alpha value is -2.34. The number of hydrogen-bond acceptors (Lipinski definition) is 4. The molecule has 0 bridgehead atoms. The van der Waals surface area contributed by atoms with Gasteiger partial charge in [0.15, 0.2) is 5.69 Å². The van der Waals surface area contributed by atoms with Gasteiger partial charge in [-0.15, -0.1) is 0 Å². The number of carbonyl (C=O) groups is 1. The molecule has 6 nitrogen and oxygen atoms in total. The van der Waals surface area contributed by atoms with E-state index >= 15 is 0 Å². The fraction of sp³-hybridized carbons (Fsp3) is 0.524. The highest BCUT2D eigenvalue weighted by atomic mass is 16.5. The molecule has 1 fully saturated rings. The van der Waals surface area contributed by atoms with Crippen molar-refractivity contribution in [3.63, 3.8) is 0 Å². The molecule has 0 spiro atoms. The second-order valence-electron chi connectivity index (χ2n) is 7.57. The monoisotopic (exact) mass is 368 g/mol. The van der Waals surface area contributed by atoms with E-state index in [4.69, 9.17) is 4.74 Å². The molecular weight excluding hydrogens is 340 g/mol. The minimum Gasteiger partial charge on any atom is -0.497 e. The molecule has 1 unspecified atom stereocenters. The van der Waals surface area contributed by atoms with Crippen molar-refractivity contribution in [1.82, 2.24) is 20.0 Å². The van der Waals surface area contributed by atoms with Gasteiger partial charge >= 0.3 is 0 Å². The molecule has 1 aromatic heterocycles. The van der Waals surface area contributed by atoms with E-state index in [2.05, 4.69) is 22.5 Å². The van der Waals surface area contributed by atoms with E-state index in [0.29, 0.717) is 11.7 Å². The summed E-state index contributed by atoms with van der Waals surface area (Å²) >= 11 is 0. The van der Waals surface area contributed by atoms with Crippen molar-refractivity contribution < 1.29 is 9.53 Å². The highest BCUT2D eigenvalue weighted by molar-refractivity contribution is 5.94. The van der Waals surface area contributed by atoms with Crippen LogP contribution in [0.4, 0.5) is 0 Å². The van der Waals surface area contributed by atoms with Crippen molar-refractivity contribution in [2.45, 2.75) is 44.7 Å². The van der Waals surface area contributed by atoms with Gasteiger partial charge in [0.25, 0.3) is 5.91 Å². The first-order chi connectivity index (χ1) is 13.2. The molecule has 1 atom stereocenters. The minimum absolute atomic E-state index is 0.111. The number of hydrogen-bond donors (Lipinski definition) is 1. The maximum atomic E-state index is 12.9. The van der Waals surface area contributed by atoms with Gasteiger partial charge in [0.2, 0.25) is 0 Å². The van der Waals surface area contributed by atoms with Gasteiger partial charge in [-0.1, -0.05) is 12.1 Å². The minimum atomic E-state index is 0.111. The molecule has 2 aromatic rings. The van der Waals surface area contributed by atoms with Gasteiger partial charge < -0.3 is 15.0 Å². The smallest absolute Gasteiger partial charge is 0.274 e. The third-order valence-corrected chi connectivity index (χ3v) is 5.80. The van der Waals surface area contributed by atoms with Crippen molar-refractivity contribution in [2.24, 2.45) is 7.05 Å². The highest BCUT2D eigenvalue weighted by Gasteiger charge is 2.31. The van der Waals surface area contributed by atoms with E-state index in [1.54, 1.807) is 7.11 Å². The number of ether oxygens (including phenoxy) is 1. The zero-order valence-corrected chi connectivity index (χ0v) is 16.2. The maximum Gasteiger partial charge on any atom is 0.274 e. The van der Waals surface area contributed by atoms with Crippen molar-refractivity contribution in [3.8, 4) is 5.75 Å². The molecule has 1 saturated heterocycles. The molecule has 1 aromatic carbocycles. The third kappa shape index (κ3) is 3.72. The second-order valence-corrected chi connectivity index (χ2v) is 7.57. The number of amides is 1. The summed E-state index contributed by atoms with van der Waals surface area (Å²) in [6, 6.07) is 8.53. The molecule has 2 aliphatic rings. The zero-order chi connectivity index (χ0) is 18.8.